The van der Waals surface area contributed by atoms with Crippen LogP contribution in [0.2, 0.25) is 5.02 Å². The molecule has 0 saturated carbocycles. The molecule has 1 aromatic rings. The second-order valence-corrected chi connectivity index (χ2v) is 6.82. The largest absolute Gasteiger partial charge is 0.292 e. The van der Waals surface area contributed by atoms with Crippen molar-refractivity contribution in [2.45, 2.75) is 17.7 Å². The molecule has 0 radical (unpaired) electrons. The number of halogens is 1. The first-order valence-corrected chi connectivity index (χ1v) is 8.37. The van der Waals surface area contributed by atoms with Crippen molar-refractivity contribution < 1.29 is 8.42 Å². The Hall–Kier alpha value is -1.06. The van der Waals surface area contributed by atoms with Crippen LogP contribution in [0.3, 0.4) is 0 Å². The van der Waals surface area contributed by atoms with Gasteiger partial charge in [0, 0.05) is 5.02 Å². The average Bonchev–Trinajstić information content (AvgIpc) is 2.91. The van der Waals surface area contributed by atoms with Crippen molar-refractivity contribution in [1.82, 2.24) is 9.62 Å². The first-order valence-electron chi connectivity index (χ1n) is 6.51. The molecule has 0 aromatic heterocycles. The van der Waals surface area contributed by atoms with Gasteiger partial charge in [-0.1, -0.05) is 29.5 Å². The minimum Gasteiger partial charge on any atom is -0.292 e. The molecule has 6 heteroatoms. The SMILES string of the molecule is O=S(=O)(NCC#CCN1CCCC1)c1cccc(Cl)c1. The van der Waals surface area contributed by atoms with E-state index in [0.717, 1.165) is 13.1 Å². The maximum absolute atomic E-state index is 12.0. The smallest absolute Gasteiger partial charge is 0.241 e. The molecule has 0 spiro atoms. The van der Waals surface area contributed by atoms with E-state index in [-0.39, 0.29) is 11.4 Å². The lowest BCUT2D eigenvalue weighted by molar-refractivity contribution is 0.383. The molecule has 2 rings (SSSR count). The van der Waals surface area contributed by atoms with E-state index in [0.29, 0.717) is 11.6 Å². The van der Waals surface area contributed by atoms with Gasteiger partial charge in [0.1, 0.15) is 0 Å². The fraction of sp³-hybridized carbons (Fsp3) is 0.429. The predicted octanol–water partition coefficient (Wildman–Crippen LogP) is 1.72. The molecular weight excluding hydrogens is 296 g/mol. The number of nitrogens with one attached hydrogen (secondary N) is 1. The lowest BCUT2D eigenvalue weighted by atomic mass is 10.4. The molecule has 20 heavy (non-hydrogen) atoms. The summed E-state index contributed by atoms with van der Waals surface area (Å²) in [5, 5.41) is 0.396. The normalized spacial score (nSPS) is 15.8. The monoisotopic (exact) mass is 312 g/mol. The van der Waals surface area contributed by atoms with Crippen LogP contribution < -0.4 is 4.72 Å². The molecule has 0 unspecified atom stereocenters. The third kappa shape index (κ3) is 4.50. The molecule has 1 aliphatic heterocycles. The van der Waals surface area contributed by atoms with E-state index in [1.807, 2.05) is 0 Å². The van der Waals surface area contributed by atoms with Gasteiger partial charge in [0.2, 0.25) is 10.0 Å². The van der Waals surface area contributed by atoms with Crippen LogP contribution in [-0.4, -0.2) is 39.5 Å². The second kappa shape index (κ2) is 7.09. The second-order valence-electron chi connectivity index (χ2n) is 4.62. The topological polar surface area (TPSA) is 49.4 Å². The molecule has 0 bridgehead atoms. The van der Waals surface area contributed by atoms with Gasteiger partial charge in [-0.3, -0.25) is 4.90 Å². The van der Waals surface area contributed by atoms with Gasteiger partial charge in [-0.05, 0) is 44.1 Å². The molecule has 1 aliphatic rings. The molecule has 0 aliphatic carbocycles. The molecule has 1 saturated heterocycles. The van der Waals surface area contributed by atoms with Crippen LogP contribution >= 0.6 is 11.6 Å². The molecule has 1 aromatic carbocycles. The molecule has 1 N–H and O–H groups in total. The molecule has 1 heterocycles. The number of sulfonamides is 1. The summed E-state index contributed by atoms with van der Waals surface area (Å²) in [4.78, 5) is 2.42. The van der Waals surface area contributed by atoms with Gasteiger partial charge in [-0.2, -0.15) is 4.72 Å². The van der Waals surface area contributed by atoms with Crippen molar-refractivity contribution in [2.75, 3.05) is 26.2 Å². The summed E-state index contributed by atoms with van der Waals surface area (Å²) in [5.74, 6) is 5.82. The van der Waals surface area contributed by atoms with Gasteiger partial charge in [0.25, 0.3) is 0 Å². The highest BCUT2D eigenvalue weighted by atomic mass is 35.5. The number of nitrogens with zero attached hydrogens (tertiary/aromatic N) is 1. The Morgan fingerprint density at radius 1 is 1.25 bits per heavy atom. The lowest BCUT2D eigenvalue weighted by Gasteiger charge is -2.08. The summed E-state index contributed by atoms with van der Waals surface area (Å²) in [6, 6.07) is 6.17. The summed E-state index contributed by atoms with van der Waals surface area (Å²) < 4.78 is 26.4. The van der Waals surface area contributed by atoms with E-state index >= 15 is 0 Å². The van der Waals surface area contributed by atoms with Crippen molar-refractivity contribution >= 4 is 21.6 Å². The van der Waals surface area contributed by atoms with Crippen molar-refractivity contribution in [3.63, 3.8) is 0 Å². The summed E-state index contributed by atoms with van der Waals surface area (Å²) >= 11 is 5.78. The third-order valence-corrected chi connectivity index (χ3v) is 4.72. The van der Waals surface area contributed by atoms with Crippen LogP contribution in [0.15, 0.2) is 29.2 Å². The van der Waals surface area contributed by atoms with Crippen molar-refractivity contribution in [3.05, 3.63) is 29.3 Å². The quantitative estimate of drug-likeness (QED) is 0.861. The minimum absolute atomic E-state index is 0.114. The van der Waals surface area contributed by atoms with Gasteiger partial charge in [0.15, 0.2) is 0 Å². The third-order valence-electron chi connectivity index (χ3n) is 3.08. The Labute approximate surface area is 125 Å². The standard InChI is InChI=1S/C14H17ClN2O2S/c15-13-6-5-7-14(12-13)20(18,19)16-8-1-2-9-17-10-3-4-11-17/h5-7,12,16H,3-4,8-11H2. The van der Waals surface area contributed by atoms with Crippen molar-refractivity contribution in [1.29, 1.82) is 0 Å². The van der Waals surface area contributed by atoms with E-state index in [1.165, 1.54) is 25.0 Å². The van der Waals surface area contributed by atoms with Crippen LogP contribution in [0.5, 0.6) is 0 Å². The van der Waals surface area contributed by atoms with E-state index < -0.39 is 10.0 Å². The van der Waals surface area contributed by atoms with E-state index in [4.69, 9.17) is 11.6 Å². The number of hydrogen-bond acceptors (Lipinski definition) is 3. The van der Waals surface area contributed by atoms with Gasteiger partial charge < -0.3 is 0 Å². The highest BCUT2D eigenvalue weighted by Gasteiger charge is 2.12. The van der Waals surface area contributed by atoms with Crippen molar-refractivity contribution in [3.8, 4) is 11.8 Å². The maximum Gasteiger partial charge on any atom is 0.241 e. The number of benzene rings is 1. The van der Waals surface area contributed by atoms with Crippen LogP contribution in [0.1, 0.15) is 12.8 Å². The van der Waals surface area contributed by atoms with Gasteiger partial charge in [-0.15, -0.1) is 0 Å². The predicted molar refractivity (Wildman–Crippen MR) is 80.1 cm³/mol. The zero-order valence-electron chi connectivity index (χ0n) is 11.1. The maximum atomic E-state index is 12.0. The summed E-state index contributed by atoms with van der Waals surface area (Å²) in [5.41, 5.74) is 0. The first kappa shape index (κ1) is 15.3. The van der Waals surface area contributed by atoms with Gasteiger partial charge >= 0.3 is 0 Å². The lowest BCUT2D eigenvalue weighted by Crippen LogP contribution is -2.24. The van der Waals surface area contributed by atoms with E-state index in [9.17, 15) is 8.42 Å². The Morgan fingerprint density at radius 3 is 2.70 bits per heavy atom. The molecular formula is C14H17ClN2O2S. The van der Waals surface area contributed by atoms with Gasteiger partial charge in [-0.25, -0.2) is 8.42 Å². The first-order chi connectivity index (χ1) is 9.58. The summed E-state index contributed by atoms with van der Waals surface area (Å²) in [7, 11) is -3.53. The summed E-state index contributed by atoms with van der Waals surface area (Å²) in [6.45, 7) is 2.99. The Morgan fingerprint density at radius 2 is 2.00 bits per heavy atom. The van der Waals surface area contributed by atoms with E-state index in [2.05, 4.69) is 21.5 Å². The number of hydrogen-bond donors (Lipinski definition) is 1. The number of rotatable bonds is 4. The fourth-order valence-electron chi connectivity index (χ4n) is 2.02. The van der Waals surface area contributed by atoms with Crippen LogP contribution in [0.25, 0.3) is 0 Å². The zero-order valence-corrected chi connectivity index (χ0v) is 12.7. The van der Waals surface area contributed by atoms with Crippen LogP contribution in [0, 0.1) is 11.8 Å². The van der Waals surface area contributed by atoms with E-state index in [1.54, 1.807) is 12.1 Å². The minimum atomic E-state index is -3.53. The average molecular weight is 313 g/mol. The Balaban J connectivity index is 1.85. The molecule has 1 fully saturated rings. The summed E-state index contributed by atoms with van der Waals surface area (Å²) in [6.07, 6.45) is 2.45. The van der Waals surface area contributed by atoms with Crippen LogP contribution in [0.4, 0.5) is 0 Å². The molecule has 4 nitrogen and oxygen atoms in total. The molecule has 108 valence electrons. The number of likely N-dealkylation sites (tertiary alicyclic amines) is 1. The zero-order chi connectivity index (χ0) is 14.4. The molecule has 0 amide bonds. The Kier molecular flexibility index (Phi) is 5.44. The highest BCUT2D eigenvalue weighted by molar-refractivity contribution is 7.89. The fourth-order valence-corrected chi connectivity index (χ4v) is 3.24. The van der Waals surface area contributed by atoms with Crippen LogP contribution in [-0.2, 0) is 10.0 Å². The Bertz CT molecular complexity index is 614. The molecule has 0 atom stereocenters. The highest BCUT2D eigenvalue weighted by Crippen LogP contribution is 2.14. The van der Waals surface area contributed by atoms with Gasteiger partial charge in [0.05, 0.1) is 18.0 Å². The van der Waals surface area contributed by atoms with Crippen molar-refractivity contribution in [2.24, 2.45) is 0 Å².